The quantitative estimate of drug-likeness (QED) is 0.652. The zero-order chi connectivity index (χ0) is 22.4. The molecule has 1 saturated carbocycles. The van der Waals surface area contributed by atoms with E-state index in [0.717, 1.165) is 24.0 Å². The zero-order valence-corrected chi connectivity index (χ0v) is 19.4. The van der Waals surface area contributed by atoms with Gasteiger partial charge in [-0.2, -0.15) is 0 Å². The van der Waals surface area contributed by atoms with Crippen molar-refractivity contribution in [2.75, 3.05) is 0 Å². The van der Waals surface area contributed by atoms with E-state index in [9.17, 15) is 9.59 Å². The van der Waals surface area contributed by atoms with E-state index in [2.05, 4.69) is 50.4 Å². The lowest BCUT2D eigenvalue weighted by molar-refractivity contribution is -0.141. The number of aryl methyl sites for hydroxylation is 3. The van der Waals surface area contributed by atoms with Crippen LogP contribution in [0.4, 0.5) is 0 Å². The lowest BCUT2D eigenvalue weighted by Gasteiger charge is -2.31. The minimum atomic E-state index is -0.457. The van der Waals surface area contributed by atoms with Crippen molar-refractivity contribution in [1.29, 1.82) is 0 Å². The molecule has 0 unspecified atom stereocenters. The van der Waals surface area contributed by atoms with Crippen molar-refractivity contribution in [3.63, 3.8) is 0 Å². The first-order chi connectivity index (χ1) is 14.9. The van der Waals surface area contributed by atoms with Crippen LogP contribution in [0.15, 0.2) is 42.5 Å². The predicted octanol–water partition coefficient (Wildman–Crippen LogP) is 5.02. The van der Waals surface area contributed by atoms with Crippen LogP contribution in [0.3, 0.4) is 0 Å². The van der Waals surface area contributed by atoms with Crippen molar-refractivity contribution in [3.8, 4) is 0 Å². The van der Waals surface area contributed by atoms with Gasteiger partial charge in [-0.15, -0.1) is 0 Å². The van der Waals surface area contributed by atoms with Crippen LogP contribution in [0.2, 0.25) is 0 Å². The lowest BCUT2D eigenvalue weighted by Crippen LogP contribution is -2.51. The molecule has 2 aromatic carbocycles. The fourth-order valence-electron chi connectivity index (χ4n) is 4.37. The molecule has 0 bridgehead atoms. The highest BCUT2D eigenvalue weighted by Crippen LogP contribution is 2.20. The van der Waals surface area contributed by atoms with Crippen molar-refractivity contribution >= 4 is 11.8 Å². The molecule has 0 aliphatic heterocycles. The maximum absolute atomic E-state index is 13.5. The summed E-state index contributed by atoms with van der Waals surface area (Å²) in [4.78, 5) is 28.4. The van der Waals surface area contributed by atoms with Crippen LogP contribution in [0.1, 0.15) is 66.8 Å². The van der Waals surface area contributed by atoms with E-state index in [1.165, 1.54) is 29.5 Å². The minimum absolute atomic E-state index is 0.00255. The molecule has 1 aliphatic carbocycles. The van der Waals surface area contributed by atoms with Gasteiger partial charge in [0.15, 0.2) is 0 Å². The second kappa shape index (κ2) is 10.6. The third-order valence-corrected chi connectivity index (χ3v) is 6.49. The monoisotopic (exact) mass is 420 g/mol. The molecule has 0 saturated heterocycles. The number of amides is 2. The van der Waals surface area contributed by atoms with Crippen LogP contribution in [0.5, 0.6) is 0 Å². The van der Waals surface area contributed by atoms with Gasteiger partial charge in [0.1, 0.15) is 6.04 Å². The highest BCUT2D eigenvalue weighted by atomic mass is 16.2. The van der Waals surface area contributed by atoms with Gasteiger partial charge in [0.2, 0.25) is 11.8 Å². The Kier molecular flexibility index (Phi) is 7.89. The first-order valence-electron chi connectivity index (χ1n) is 11.6. The topological polar surface area (TPSA) is 49.4 Å². The van der Waals surface area contributed by atoms with Gasteiger partial charge in [-0.05, 0) is 62.3 Å². The molecule has 0 spiro atoms. The van der Waals surface area contributed by atoms with Crippen molar-refractivity contribution in [3.05, 3.63) is 70.3 Å². The molecule has 4 nitrogen and oxygen atoms in total. The van der Waals surface area contributed by atoms with Crippen LogP contribution in [-0.2, 0) is 22.6 Å². The van der Waals surface area contributed by atoms with Gasteiger partial charge in [-0.25, -0.2) is 0 Å². The molecule has 1 aliphatic rings. The molecular weight excluding hydrogens is 384 g/mol. The maximum Gasteiger partial charge on any atom is 0.243 e. The normalized spacial score (nSPS) is 15.0. The van der Waals surface area contributed by atoms with Crippen LogP contribution in [-0.4, -0.2) is 28.8 Å². The van der Waals surface area contributed by atoms with E-state index in [-0.39, 0.29) is 17.9 Å². The average molecular weight is 421 g/mol. The highest BCUT2D eigenvalue weighted by molar-refractivity contribution is 5.88. The van der Waals surface area contributed by atoms with Crippen LogP contribution < -0.4 is 5.32 Å². The summed E-state index contributed by atoms with van der Waals surface area (Å²) in [7, 11) is 0. The summed E-state index contributed by atoms with van der Waals surface area (Å²) in [6.45, 7) is 8.63. The predicted molar refractivity (Wildman–Crippen MR) is 126 cm³/mol. The Balaban J connectivity index is 1.82. The average Bonchev–Trinajstić information content (AvgIpc) is 3.25. The number of nitrogens with one attached hydrogen (secondary N) is 1. The fraction of sp³-hybridized carbons (Fsp3) is 0.481. The minimum Gasteiger partial charge on any atom is -0.352 e. The van der Waals surface area contributed by atoms with E-state index >= 15 is 0 Å². The zero-order valence-electron chi connectivity index (χ0n) is 19.4. The second-order valence-electron chi connectivity index (χ2n) is 9.02. The smallest absolute Gasteiger partial charge is 0.243 e. The van der Waals surface area contributed by atoms with Crippen molar-refractivity contribution in [2.24, 2.45) is 0 Å². The Hall–Kier alpha value is -2.62. The molecule has 0 radical (unpaired) electrons. The number of nitrogens with zero attached hydrogens (tertiary/aromatic N) is 1. The molecule has 166 valence electrons. The third kappa shape index (κ3) is 6.19. The third-order valence-electron chi connectivity index (χ3n) is 6.49. The largest absolute Gasteiger partial charge is 0.352 e. The van der Waals surface area contributed by atoms with Gasteiger partial charge in [0, 0.05) is 12.6 Å². The standard InChI is InChI=1S/C27H36N2O2/c1-5-25(27(31)28-24-8-6-7-9-24)29(18-22-13-10-19(2)11-14-22)26(30)17-23-15-12-20(3)21(4)16-23/h10-16,24-25H,5-9,17-18H2,1-4H3,(H,28,31)/t25-/m1/s1. The fourth-order valence-corrected chi connectivity index (χ4v) is 4.37. The number of benzene rings is 2. The molecule has 1 fully saturated rings. The van der Waals surface area contributed by atoms with E-state index in [4.69, 9.17) is 0 Å². The van der Waals surface area contributed by atoms with Gasteiger partial charge in [-0.3, -0.25) is 9.59 Å². The molecule has 2 aromatic rings. The molecule has 2 amide bonds. The summed E-state index contributed by atoms with van der Waals surface area (Å²) >= 11 is 0. The molecule has 1 atom stereocenters. The molecule has 3 rings (SSSR count). The molecule has 0 heterocycles. The Morgan fingerprint density at radius 2 is 1.61 bits per heavy atom. The Morgan fingerprint density at radius 1 is 0.968 bits per heavy atom. The van der Waals surface area contributed by atoms with Gasteiger partial charge in [0.25, 0.3) is 0 Å². The maximum atomic E-state index is 13.5. The molecular formula is C27H36N2O2. The number of hydrogen-bond acceptors (Lipinski definition) is 2. The van der Waals surface area contributed by atoms with E-state index < -0.39 is 6.04 Å². The van der Waals surface area contributed by atoms with Crippen LogP contribution >= 0.6 is 0 Å². The molecule has 1 N–H and O–H groups in total. The molecule has 4 heteroatoms. The van der Waals surface area contributed by atoms with Crippen LogP contribution in [0, 0.1) is 20.8 Å². The van der Waals surface area contributed by atoms with Gasteiger partial charge in [-0.1, -0.05) is 67.8 Å². The summed E-state index contributed by atoms with van der Waals surface area (Å²) in [5.74, 6) is -0.0211. The SMILES string of the molecule is CC[C@H](C(=O)NC1CCCC1)N(Cc1ccc(C)cc1)C(=O)Cc1ccc(C)c(C)c1. The van der Waals surface area contributed by atoms with E-state index in [1.807, 2.05) is 25.1 Å². The van der Waals surface area contributed by atoms with Gasteiger partial charge in [0.05, 0.1) is 6.42 Å². The summed E-state index contributed by atoms with van der Waals surface area (Å²) < 4.78 is 0. The summed E-state index contributed by atoms with van der Waals surface area (Å²) in [6.07, 6.45) is 5.32. The van der Waals surface area contributed by atoms with Crippen molar-refractivity contribution in [2.45, 2.75) is 84.8 Å². The van der Waals surface area contributed by atoms with Crippen molar-refractivity contribution < 1.29 is 9.59 Å². The summed E-state index contributed by atoms with van der Waals surface area (Å²) in [6, 6.07) is 14.2. The van der Waals surface area contributed by atoms with Gasteiger partial charge >= 0.3 is 0 Å². The Labute approximate surface area is 187 Å². The number of rotatable bonds is 8. The summed E-state index contributed by atoms with van der Waals surface area (Å²) in [5.41, 5.74) is 5.62. The molecule has 31 heavy (non-hydrogen) atoms. The number of carbonyl (C=O) groups is 2. The van der Waals surface area contributed by atoms with Crippen molar-refractivity contribution in [1.82, 2.24) is 10.2 Å². The number of carbonyl (C=O) groups excluding carboxylic acids is 2. The van der Waals surface area contributed by atoms with Crippen LogP contribution in [0.25, 0.3) is 0 Å². The number of hydrogen-bond donors (Lipinski definition) is 1. The first-order valence-corrected chi connectivity index (χ1v) is 11.6. The second-order valence-corrected chi connectivity index (χ2v) is 9.02. The van der Waals surface area contributed by atoms with E-state index in [1.54, 1.807) is 4.90 Å². The molecule has 0 aromatic heterocycles. The van der Waals surface area contributed by atoms with E-state index in [0.29, 0.717) is 19.4 Å². The lowest BCUT2D eigenvalue weighted by atomic mass is 10.0. The summed E-state index contributed by atoms with van der Waals surface area (Å²) in [5, 5.41) is 3.21. The first kappa shape index (κ1) is 23.1. The Morgan fingerprint density at radius 3 is 2.23 bits per heavy atom. The Bertz CT molecular complexity index is 898. The van der Waals surface area contributed by atoms with Gasteiger partial charge < -0.3 is 10.2 Å². The highest BCUT2D eigenvalue weighted by Gasteiger charge is 2.30.